The van der Waals surface area contributed by atoms with Crippen LogP contribution in [0.25, 0.3) is 0 Å². The van der Waals surface area contributed by atoms with Crippen LogP contribution < -0.4 is 0 Å². The van der Waals surface area contributed by atoms with E-state index in [0.29, 0.717) is 6.42 Å². The highest BCUT2D eigenvalue weighted by atomic mass is 16.1. The lowest BCUT2D eigenvalue weighted by atomic mass is 10.2. The molecular weight excluding hydrogens is 138 g/mol. The zero-order chi connectivity index (χ0) is 8.85. The summed E-state index contributed by atoms with van der Waals surface area (Å²) in [5, 5.41) is 0. The van der Waals surface area contributed by atoms with E-state index in [1.807, 2.05) is 27.9 Å². The molecule has 0 aliphatic carbocycles. The molecule has 11 heavy (non-hydrogen) atoms. The van der Waals surface area contributed by atoms with Gasteiger partial charge in [0.05, 0.1) is 0 Å². The zero-order valence-corrected chi connectivity index (χ0v) is 7.85. The summed E-state index contributed by atoms with van der Waals surface area (Å²) in [4.78, 5) is 13.0. The average Bonchev–Trinajstić information content (AvgIpc) is 1.85. The van der Waals surface area contributed by atoms with Crippen LogP contribution in [-0.2, 0) is 4.79 Å². The van der Waals surface area contributed by atoms with Gasteiger partial charge in [0, 0.05) is 13.0 Å². The Kier molecular flexibility index (Phi) is 4.79. The molecule has 0 saturated heterocycles. The van der Waals surface area contributed by atoms with Crippen LogP contribution in [0.4, 0.5) is 0 Å². The van der Waals surface area contributed by atoms with Crippen molar-refractivity contribution in [2.75, 3.05) is 20.6 Å². The van der Waals surface area contributed by atoms with Gasteiger partial charge in [0.1, 0.15) is 0 Å². The molecule has 0 saturated carbocycles. The quantitative estimate of drug-likeness (QED) is 0.573. The second-order valence-electron chi connectivity index (χ2n) is 3.05. The van der Waals surface area contributed by atoms with E-state index in [0.717, 1.165) is 12.1 Å². The molecule has 0 bridgehead atoms. The predicted molar refractivity (Wildman–Crippen MR) is 47.6 cm³/mol. The van der Waals surface area contributed by atoms with Crippen molar-refractivity contribution in [1.29, 1.82) is 0 Å². The van der Waals surface area contributed by atoms with Crippen LogP contribution in [0.2, 0.25) is 0 Å². The van der Waals surface area contributed by atoms with Gasteiger partial charge in [0.25, 0.3) is 0 Å². The summed E-state index contributed by atoms with van der Waals surface area (Å²) in [5.74, 6) is 0.212. The van der Waals surface area contributed by atoms with Crippen molar-refractivity contribution in [1.82, 2.24) is 4.90 Å². The Balaban J connectivity index is 3.90. The molecule has 0 fully saturated rings. The van der Waals surface area contributed by atoms with Gasteiger partial charge < -0.3 is 4.90 Å². The third-order valence-corrected chi connectivity index (χ3v) is 1.32. The fourth-order valence-corrected chi connectivity index (χ4v) is 0.921. The Labute approximate surface area is 68.9 Å². The van der Waals surface area contributed by atoms with Gasteiger partial charge >= 0.3 is 0 Å². The van der Waals surface area contributed by atoms with E-state index < -0.39 is 0 Å². The molecule has 2 nitrogen and oxygen atoms in total. The molecule has 0 N–H and O–H groups in total. The van der Waals surface area contributed by atoms with Crippen LogP contribution in [0.5, 0.6) is 0 Å². The van der Waals surface area contributed by atoms with Crippen molar-refractivity contribution in [2.24, 2.45) is 0 Å². The molecule has 0 aromatic rings. The molecule has 0 unspecified atom stereocenters. The fraction of sp³-hybridized carbons (Fsp3) is 0.667. The minimum absolute atomic E-state index is 0.212. The van der Waals surface area contributed by atoms with Gasteiger partial charge in [-0.3, -0.25) is 4.79 Å². The van der Waals surface area contributed by atoms with Gasteiger partial charge in [0.2, 0.25) is 0 Å². The summed E-state index contributed by atoms with van der Waals surface area (Å²) >= 11 is 0. The predicted octanol–water partition coefficient (Wildman–Crippen LogP) is 1.47. The van der Waals surface area contributed by atoms with E-state index in [1.165, 1.54) is 0 Å². The van der Waals surface area contributed by atoms with Crippen LogP contribution in [0.1, 0.15) is 20.3 Å². The lowest BCUT2D eigenvalue weighted by Gasteiger charge is -2.08. The first-order chi connectivity index (χ1) is 5.06. The van der Waals surface area contributed by atoms with E-state index in [1.54, 1.807) is 6.08 Å². The Morgan fingerprint density at radius 2 is 2.00 bits per heavy atom. The number of ketones is 1. The van der Waals surface area contributed by atoms with Crippen molar-refractivity contribution in [3.63, 3.8) is 0 Å². The summed E-state index contributed by atoms with van der Waals surface area (Å²) in [6, 6.07) is 0. The number of allylic oxidation sites excluding steroid dienone is 1. The Hall–Kier alpha value is -0.630. The number of carbonyl (C=O) groups is 1. The second-order valence-corrected chi connectivity index (χ2v) is 3.05. The van der Waals surface area contributed by atoms with Crippen LogP contribution in [0.15, 0.2) is 11.6 Å². The van der Waals surface area contributed by atoms with Crippen LogP contribution in [-0.4, -0.2) is 31.3 Å². The Bertz CT molecular complexity index is 159. The molecule has 0 aliphatic heterocycles. The summed E-state index contributed by atoms with van der Waals surface area (Å²) in [5.41, 5.74) is 1.13. The van der Waals surface area contributed by atoms with E-state index in [9.17, 15) is 4.79 Å². The molecule has 0 aliphatic rings. The number of likely N-dealkylation sites (N-methyl/N-ethyl adjacent to an activating group) is 1. The van der Waals surface area contributed by atoms with Gasteiger partial charge in [-0.2, -0.15) is 0 Å². The van der Waals surface area contributed by atoms with E-state index in [-0.39, 0.29) is 5.78 Å². The smallest absolute Gasteiger partial charge is 0.155 e. The highest BCUT2D eigenvalue weighted by molar-refractivity contribution is 5.89. The largest absolute Gasteiger partial charge is 0.305 e. The maximum atomic E-state index is 10.9. The zero-order valence-electron chi connectivity index (χ0n) is 7.85. The maximum absolute atomic E-state index is 10.9. The molecule has 0 aromatic heterocycles. The first kappa shape index (κ1) is 10.4. The van der Waals surface area contributed by atoms with Crippen molar-refractivity contribution in [2.45, 2.75) is 20.3 Å². The molecule has 0 atom stereocenters. The monoisotopic (exact) mass is 155 g/mol. The Morgan fingerprint density at radius 1 is 1.45 bits per heavy atom. The first-order valence-electron chi connectivity index (χ1n) is 3.91. The third-order valence-electron chi connectivity index (χ3n) is 1.32. The lowest BCUT2D eigenvalue weighted by Crippen LogP contribution is -2.14. The maximum Gasteiger partial charge on any atom is 0.155 e. The van der Waals surface area contributed by atoms with Crippen LogP contribution in [0.3, 0.4) is 0 Å². The average molecular weight is 155 g/mol. The third kappa shape index (κ3) is 5.80. The summed E-state index contributed by atoms with van der Waals surface area (Å²) in [6.45, 7) is 4.72. The molecule has 64 valence electrons. The first-order valence-corrected chi connectivity index (χ1v) is 3.91. The fourth-order valence-electron chi connectivity index (χ4n) is 0.921. The van der Waals surface area contributed by atoms with Crippen molar-refractivity contribution in [3.8, 4) is 0 Å². The minimum atomic E-state index is 0.212. The van der Waals surface area contributed by atoms with Gasteiger partial charge in [-0.05, 0) is 27.1 Å². The molecule has 0 rings (SSSR count). The molecule has 0 spiro atoms. The number of hydrogen-bond acceptors (Lipinski definition) is 2. The topological polar surface area (TPSA) is 20.3 Å². The highest BCUT2D eigenvalue weighted by Crippen LogP contribution is 1.95. The molecule has 2 heteroatoms. The molecular formula is C9H17NO. The number of carbonyl (C=O) groups excluding carboxylic acids is 1. The van der Waals surface area contributed by atoms with Crippen molar-refractivity contribution < 1.29 is 4.79 Å². The Morgan fingerprint density at radius 3 is 2.36 bits per heavy atom. The van der Waals surface area contributed by atoms with Crippen LogP contribution >= 0.6 is 0 Å². The van der Waals surface area contributed by atoms with Crippen LogP contribution in [0, 0.1) is 0 Å². The van der Waals surface area contributed by atoms with Gasteiger partial charge in [-0.1, -0.05) is 12.5 Å². The standard InChI is InChI=1S/C9H17NO/c1-5-9(11)6-8(2)7-10(3)4/h6H,5,7H2,1-4H3/b8-6-. The highest BCUT2D eigenvalue weighted by Gasteiger charge is 1.95. The van der Waals surface area contributed by atoms with Gasteiger partial charge in [-0.15, -0.1) is 0 Å². The minimum Gasteiger partial charge on any atom is -0.305 e. The van der Waals surface area contributed by atoms with Crippen molar-refractivity contribution >= 4 is 5.78 Å². The lowest BCUT2D eigenvalue weighted by molar-refractivity contribution is -0.114. The normalized spacial score (nSPS) is 12.3. The van der Waals surface area contributed by atoms with Crippen molar-refractivity contribution in [3.05, 3.63) is 11.6 Å². The molecule has 0 amide bonds. The molecule has 0 aromatic carbocycles. The van der Waals surface area contributed by atoms with Gasteiger partial charge in [-0.25, -0.2) is 0 Å². The summed E-state index contributed by atoms with van der Waals surface area (Å²) in [6.07, 6.45) is 2.32. The number of nitrogens with zero attached hydrogens (tertiary/aromatic N) is 1. The second kappa shape index (κ2) is 5.08. The van der Waals surface area contributed by atoms with E-state index in [4.69, 9.17) is 0 Å². The van der Waals surface area contributed by atoms with E-state index >= 15 is 0 Å². The number of hydrogen-bond donors (Lipinski definition) is 0. The van der Waals surface area contributed by atoms with E-state index in [2.05, 4.69) is 4.90 Å². The molecule has 0 radical (unpaired) electrons. The SMILES string of the molecule is CCC(=O)/C=C(/C)CN(C)C. The summed E-state index contributed by atoms with van der Waals surface area (Å²) in [7, 11) is 3.99. The number of rotatable bonds is 4. The van der Waals surface area contributed by atoms with Gasteiger partial charge in [0.15, 0.2) is 5.78 Å². The summed E-state index contributed by atoms with van der Waals surface area (Å²) < 4.78 is 0. The molecule has 0 heterocycles.